The fourth-order valence-corrected chi connectivity index (χ4v) is 3.57. The third-order valence-corrected chi connectivity index (χ3v) is 5.29. The summed E-state index contributed by atoms with van der Waals surface area (Å²) in [5, 5.41) is 5.38. The lowest BCUT2D eigenvalue weighted by Crippen LogP contribution is -2.30. The molecule has 4 nitrogen and oxygen atoms in total. The van der Waals surface area contributed by atoms with Crippen molar-refractivity contribution in [2.24, 2.45) is 5.41 Å². The van der Waals surface area contributed by atoms with E-state index in [9.17, 15) is 0 Å². The number of rotatable bonds is 3. The minimum Gasteiger partial charge on any atom is -0.379 e. The molecule has 2 fully saturated rings. The number of halogens is 1. The molecule has 4 rings (SSSR count). The van der Waals surface area contributed by atoms with Crippen molar-refractivity contribution >= 4 is 11.6 Å². The number of hydrogen-bond acceptors (Lipinski definition) is 3. The normalized spacial score (nSPS) is 20.6. The van der Waals surface area contributed by atoms with E-state index in [4.69, 9.17) is 16.3 Å². The van der Waals surface area contributed by atoms with Gasteiger partial charge in [0.05, 0.1) is 29.6 Å². The first kappa shape index (κ1) is 15.2. The predicted molar refractivity (Wildman–Crippen MR) is 91.1 cm³/mol. The van der Waals surface area contributed by atoms with Gasteiger partial charge in [-0.2, -0.15) is 5.10 Å². The fraction of sp³-hybridized carbons (Fsp3) is 0.500. The van der Waals surface area contributed by atoms with Gasteiger partial charge >= 0.3 is 0 Å². The molecule has 1 aliphatic heterocycles. The molecule has 1 spiro atoms. The van der Waals surface area contributed by atoms with Gasteiger partial charge in [0.2, 0.25) is 0 Å². The topological polar surface area (TPSA) is 30.3 Å². The molecule has 23 heavy (non-hydrogen) atoms. The van der Waals surface area contributed by atoms with Crippen molar-refractivity contribution in [3.05, 3.63) is 46.7 Å². The number of hydrogen-bond donors (Lipinski definition) is 0. The molecule has 0 atom stereocenters. The van der Waals surface area contributed by atoms with Crippen molar-refractivity contribution in [2.45, 2.75) is 26.3 Å². The smallest absolute Gasteiger partial charge is 0.0831 e. The van der Waals surface area contributed by atoms with E-state index in [1.165, 1.54) is 18.4 Å². The van der Waals surface area contributed by atoms with Gasteiger partial charge in [-0.25, -0.2) is 4.68 Å². The maximum Gasteiger partial charge on any atom is 0.0831 e. The summed E-state index contributed by atoms with van der Waals surface area (Å²) in [6, 6.07) is 7.82. The zero-order valence-electron chi connectivity index (χ0n) is 13.5. The van der Waals surface area contributed by atoms with Gasteiger partial charge in [0.25, 0.3) is 0 Å². The van der Waals surface area contributed by atoms with Crippen LogP contribution in [0.4, 0.5) is 0 Å². The van der Waals surface area contributed by atoms with Gasteiger partial charge in [-0.15, -0.1) is 0 Å². The Morgan fingerprint density at radius 2 is 2.13 bits per heavy atom. The number of aryl methyl sites for hydroxylation is 1. The molecule has 0 bridgehead atoms. The molecule has 122 valence electrons. The minimum absolute atomic E-state index is 0.434. The Kier molecular flexibility index (Phi) is 3.92. The molecular weight excluding hydrogens is 310 g/mol. The lowest BCUT2D eigenvalue weighted by Gasteiger charge is -2.22. The summed E-state index contributed by atoms with van der Waals surface area (Å²) in [7, 11) is 0. The Morgan fingerprint density at radius 3 is 2.91 bits per heavy atom. The minimum atomic E-state index is 0.434. The van der Waals surface area contributed by atoms with E-state index < -0.39 is 0 Å². The second-order valence-electron chi connectivity index (χ2n) is 6.90. The molecule has 1 saturated heterocycles. The lowest BCUT2D eigenvalue weighted by molar-refractivity contribution is 0.115. The van der Waals surface area contributed by atoms with Crippen molar-refractivity contribution in [1.82, 2.24) is 14.7 Å². The van der Waals surface area contributed by atoms with Gasteiger partial charge in [-0.3, -0.25) is 4.90 Å². The van der Waals surface area contributed by atoms with Crippen LogP contribution in [0.2, 0.25) is 5.02 Å². The molecule has 1 aliphatic carbocycles. The van der Waals surface area contributed by atoms with Gasteiger partial charge in [0.1, 0.15) is 0 Å². The number of ether oxygens (including phenoxy) is 1. The summed E-state index contributed by atoms with van der Waals surface area (Å²) in [6.07, 6.45) is 4.73. The molecular formula is C18H22ClN3O. The zero-order chi connectivity index (χ0) is 15.9. The van der Waals surface area contributed by atoms with Crippen LogP contribution in [-0.2, 0) is 11.3 Å². The number of nitrogens with zero attached hydrogens (tertiary/aromatic N) is 3. The van der Waals surface area contributed by atoms with E-state index in [-0.39, 0.29) is 0 Å². The Bertz CT molecular complexity index is 708. The highest BCUT2D eigenvalue weighted by atomic mass is 35.5. The Labute approximate surface area is 142 Å². The van der Waals surface area contributed by atoms with Crippen molar-refractivity contribution in [3.63, 3.8) is 0 Å². The molecule has 5 heteroatoms. The van der Waals surface area contributed by atoms with Gasteiger partial charge < -0.3 is 4.74 Å². The van der Waals surface area contributed by atoms with E-state index in [0.29, 0.717) is 5.41 Å². The maximum absolute atomic E-state index is 6.29. The predicted octanol–water partition coefficient (Wildman–Crippen LogP) is 3.45. The van der Waals surface area contributed by atoms with Crippen LogP contribution in [0.3, 0.4) is 0 Å². The van der Waals surface area contributed by atoms with Crippen LogP contribution in [0.25, 0.3) is 5.69 Å². The first-order valence-corrected chi connectivity index (χ1v) is 8.63. The molecule has 0 amide bonds. The van der Waals surface area contributed by atoms with Crippen LogP contribution in [0, 0.1) is 12.3 Å². The van der Waals surface area contributed by atoms with E-state index in [0.717, 1.165) is 49.3 Å². The molecule has 2 aliphatic rings. The lowest BCUT2D eigenvalue weighted by atomic mass is 10.1. The van der Waals surface area contributed by atoms with Crippen molar-refractivity contribution in [3.8, 4) is 5.69 Å². The first-order valence-electron chi connectivity index (χ1n) is 8.25. The maximum atomic E-state index is 6.29. The van der Waals surface area contributed by atoms with Crippen molar-refractivity contribution in [2.75, 3.05) is 26.3 Å². The summed E-state index contributed by atoms with van der Waals surface area (Å²) >= 11 is 6.29. The average molecular weight is 332 g/mol. The molecule has 2 heterocycles. The quantitative estimate of drug-likeness (QED) is 0.863. The van der Waals surface area contributed by atoms with Crippen LogP contribution < -0.4 is 0 Å². The van der Waals surface area contributed by atoms with Crippen LogP contribution in [0.5, 0.6) is 0 Å². The standard InChI is InChI=1S/C18H22ClN3O/c1-14-15(10-21-8-9-23-13-18(12-21)6-7-18)11-22(20-14)17-5-3-2-4-16(17)19/h2-5,11H,6-10,12-13H2,1H3. The zero-order valence-corrected chi connectivity index (χ0v) is 14.2. The SMILES string of the molecule is Cc1nn(-c2ccccc2Cl)cc1CN1CCOCC2(CC2)C1. The Morgan fingerprint density at radius 1 is 1.30 bits per heavy atom. The summed E-state index contributed by atoms with van der Waals surface area (Å²) in [4.78, 5) is 2.51. The van der Waals surface area contributed by atoms with Crippen LogP contribution in [-0.4, -0.2) is 41.0 Å². The molecule has 0 radical (unpaired) electrons. The van der Waals surface area contributed by atoms with E-state index in [1.807, 2.05) is 28.9 Å². The van der Waals surface area contributed by atoms with Gasteiger partial charge in [0.15, 0.2) is 0 Å². The van der Waals surface area contributed by atoms with E-state index >= 15 is 0 Å². The van der Waals surface area contributed by atoms with Crippen LogP contribution >= 0.6 is 11.6 Å². The summed E-state index contributed by atoms with van der Waals surface area (Å²) < 4.78 is 7.68. The van der Waals surface area contributed by atoms with Gasteiger partial charge in [-0.05, 0) is 31.9 Å². The third-order valence-electron chi connectivity index (χ3n) is 4.97. The summed E-state index contributed by atoms with van der Waals surface area (Å²) in [5.41, 5.74) is 3.70. The van der Waals surface area contributed by atoms with Crippen molar-refractivity contribution < 1.29 is 4.74 Å². The molecule has 2 aromatic rings. The van der Waals surface area contributed by atoms with Crippen molar-refractivity contribution in [1.29, 1.82) is 0 Å². The Hall–Kier alpha value is -1.36. The molecule has 1 saturated carbocycles. The highest BCUT2D eigenvalue weighted by Crippen LogP contribution is 2.47. The summed E-state index contributed by atoms with van der Waals surface area (Å²) in [6.45, 7) is 6.91. The Balaban J connectivity index is 1.54. The first-order chi connectivity index (χ1) is 11.2. The molecule has 1 aromatic heterocycles. The van der Waals surface area contributed by atoms with Gasteiger partial charge in [0, 0.05) is 36.8 Å². The van der Waals surface area contributed by atoms with Crippen LogP contribution in [0.1, 0.15) is 24.1 Å². The summed E-state index contributed by atoms with van der Waals surface area (Å²) in [5.74, 6) is 0. The van der Waals surface area contributed by atoms with E-state index in [1.54, 1.807) is 0 Å². The second kappa shape index (κ2) is 5.93. The average Bonchev–Trinajstić information content (AvgIpc) is 3.25. The molecule has 0 unspecified atom stereocenters. The highest BCUT2D eigenvalue weighted by Gasteiger charge is 2.45. The van der Waals surface area contributed by atoms with Gasteiger partial charge in [-0.1, -0.05) is 23.7 Å². The van der Waals surface area contributed by atoms with E-state index in [2.05, 4.69) is 23.1 Å². The fourth-order valence-electron chi connectivity index (χ4n) is 3.35. The third kappa shape index (κ3) is 3.16. The molecule has 0 N–H and O–H groups in total. The second-order valence-corrected chi connectivity index (χ2v) is 7.31. The molecule has 1 aromatic carbocycles. The van der Waals surface area contributed by atoms with Crippen LogP contribution in [0.15, 0.2) is 30.5 Å². The number of para-hydroxylation sites is 1. The number of benzene rings is 1. The highest BCUT2D eigenvalue weighted by molar-refractivity contribution is 6.32. The number of aromatic nitrogens is 2. The monoisotopic (exact) mass is 331 g/mol. The largest absolute Gasteiger partial charge is 0.379 e.